The maximum absolute atomic E-state index is 13.7. The lowest BCUT2D eigenvalue weighted by molar-refractivity contribution is 0.0746. The Bertz CT molecular complexity index is 1080. The van der Waals surface area contributed by atoms with Gasteiger partial charge in [-0.15, -0.1) is 10.8 Å². The van der Waals surface area contributed by atoms with E-state index in [1.54, 1.807) is 16.4 Å². The zero-order valence-corrected chi connectivity index (χ0v) is 24.2. The average molecular weight is 559 g/mol. The summed E-state index contributed by atoms with van der Waals surface area (Å²) < 4.78 is 23.1. The van der Waals surface area contributed by atoms with Crippen LogP contribution in [0.2, 0.25) is 0 Å². The average Bonchev–Trinajstić information content (AvgIpc) is 2.90. The summed E-state index contributed by atoms with van der Waals surface area (Å²) in [5.74, 6) is 0.0362. The van der Waals surface area contributed by atoms with Crippen molar-refractivity contribution < 1.29 is 19.0 Å². The van der Waals surface area contributed by atoms with Crippen molar-refractivity contribution in [1.29, 1.82) is 0 Å². The van der Waals surface area contributed by atoms with Crippen LogP contribution in [0.3, 0.4) is 0 Å². The van der Waals surface area contributed by atoms with E-state index in [0.29, 0.717) is 43.1 Å². The number of carbonyl (C=O) groups is 1. The molecule has 9 heteroatoms. The SMILES string of the molecule is CCCC1(NC[C@H](O)[C@H](Cc2ccccc2)NC(=O)c2cc(NCC)cc(N3CCCCS3(O)O)c2)CCC1. The van der Waals surface area contributed by atoms with E-state index in [0.717, 1.165) is 49.8 Å². The molecule has 0 unspecified atom stereocenters. The maximum atomic E-state index is 13.7. The van der Waals surface area contributed by atoms with Crippen LogP contribution in [0.5, 0.6) is 0 Å². The molecule has 39 heavy (non-hydrogen) atoms. The van der Waals surface area contributed by atoms with E-state index in [9.17, 15) is 19.0 Å². The van der Waals surface area contributed by atoms with Gasteiger partial charge in [-0.3, -0.25) is 18.2 Å². The highest BCUT2D eigenvalue weighted by Gasteiger charge is 2.36. The smallest absolute Gasteiger partial charge is 0.251 e. The lowest BCUT2D eigenvalue weighted by atomic mass is 9.73. The summed E-state index contributed by atoms with van der Waals surface area (Å²) in [6, 6.07) is 14.8. The topological polar surface area (TPSA) is 117 Å². The number of benzene rings is 2. The third kappa shape index (κ3) is 7.67. The van der Waals surface area contributed by atoms with Crippen LogP contribution in [0, 0.1) is 0 Å². The highest BCUT2D eigenvalue weighted by atomic mass is 32.3. The molecule has 4 rings (SSSR count). The molecule has 2 aromatic carbocycles. The van der Waals surface area contributed by atoms with Crippen molar-refractivity contribution in [3.8, 4) is 0 Å². The van der Waals surface area contributed by atoms with Gasteiger partial charge in [0.2, 0.25) is 0 Å². The second kappa shape index (κ2) is 13.4. The number of aliphatic hydroxyl groups excluding tert-OH is 1. The number of aliphatic hydroxyl groups is 1. The first kappa shape index (κ1) is 29.7. The van der Waals surface area contributed by atoms with Crippen LogP contribution < -0.4 is 20.3 Å². The summed E-state index contributed by atoms with van der Waals surface area (Å²) in [4.78, 5) is 13.7. The zero-order valence-electron chi connectivity index (χ0n) is 23.4. The number of amides is 1. The van der Waals surface area contributed by atoms with Crippen LogP contribution in [0.4, 0.5) is 11.4 Å². The Balaban J connectivity index is 1.55. The molecule has 0 aromatic heterocycles. The van der Waals surface area contributed by atoms with Crippen LogP contribution >= 0.6 is 10.8 Å². The van der Waals surface area contributed by atoms with Crippen molar-refractivity contribution in [2.75, 3.05) is 35.0 Å². The molecule has 0 bridgehead atoms. The molecular weight excluding hydrogens is 512 g/mol. The number of carbonyl (C=O) groups excluding carboxylic acids is 1. The second-order valence-corrected chi connectivity index (χ2v) is 13.2. The van der Waals surface area contributed by atoms with Gasteiger partial charge in [0.25, 0.3) is 5.91 Å². The molecule has 216 valence electrons. The summed E-state index contributed by atoms with van der Waals surface area (Å²) in [7, 11) is -2.93. The molecule has 6 N–H and O–H groups in total. The minimum absolute atomic E-state index is 0.101. The fourth-order valence-corrected chi connectivity index (χ4v) is 7.44. The van der Waals surface area contributed by atoms with Gasteiger partial charge >= 0.3 is 0 Å². The fraction of sp³-hybridized carbons (Fsp3) is 0.567. The molecular formula is C30H46N4O4S. The fourth-order valence-electron chi connectivity index (χ4n) is 5.76. The number of hydrogen-bond acceptors (Lipinski definition) is 7. The van der Waals surface area contributed by atoms with Crippen molar-refractivity contribution in [3.63, 3.8) is 0 Å². The van der Waals surface area contributed by atoms with Crippen LogP contribution in [0.15, 0.2) is 48.5 Å². The molecule has 1 aliphatic heterocycles. The van der Waals surface area contributed by atoms with Crippen molar-refractivity contribution in [1.82, 2.24) is 10.6 Å². The highest BCUT2D eigenvalue weighted by Crippen LogP contribution is 2.50. The van der Waals surface area contributed by atoms with Crippen LogP contribution in [-0.2, 0) is 6.42 Å². The van der Waals surface area contributed by atoms with E-state index in [1.165, 1.54) is 6.42 Å². The molecule has 2 fully saturated rings. The van der Waals surface area contributed by atoms with E-state index < -0.39 is 22.9 Å². The number of anilines is 2. The maximum Gasteiger partial charge on any atom is 0.251 e. The summed E-state index contributed by atoms with van der Waals surface area (Å²) in [5.41, 5.74) is 2.92. The quantitative estimate of drug-likeness (QED) is 0.195. The summed E-state index contributed by atoms with van der Waals surface area (Å²) in [5, 5.41) is 21.3. The third-order valence-corrected chi connectivity index (χ3v) is 9.97. The highest BCUT2D eigenvalue weighted by molar-refractivity contribution is 8.25. The Morgan fingerprint density at radius 2 is 1.85 bits per heavy atom. The minimum atomic E-state index is -2.93. The van der Waals surface area contributed by atoms with Crippen LogP contribution in [0.1, 0.15) is 74.7 Å². The number of β-amino-alcohol motifs (C(OH)–C–C–N with tert-alkyl or cyclic N) is 1. The minimum Gasteiger partial charge on any atom is -0.390 e. The first-order valence-corrected chi connectivity index (χ1v) is 16.1. The van der Waals surface area contributed by atoms with Gasteiger partial charge in [0, 0.05) is 36.4 Å². The molecule has 2 atom stereocenters. The standard InChI is InChI=1S/C30H46N4O4S/c1-3-13-30(14-10-15-30)32-22-28(35)27(18-23-11-6-5-7-12-23)33-29(36)24-19-25(31-4-2)21-26(20-24)34-16-8-9-17-39(34,37)38/h5-7,11-12,19-21,27-28,31-32,35,37-38H,3-4,8-10,13-18,22H2,1-2H3,(H,33,36)/t27-,28-/m0/s1. The monoisotopic (exact) mass is 558 g/mol. The van der Waals surface area contributed by atoms with Gasteiger partial charge in [-0.05, 0) is 75.6 Å². The van der Waals surface area contributed by atoms with Gasteiger partial charge in [0.05, 0.1) is 23.6 Å². The van der Waals surface area contributed by atoms with Crippen LogP contribution in [-0.4, -0.2) is 63.2 Å². The van der Waals surface area contributed by atoms with Crippen molar-refractivity contribution in [2.24, 2.45) is 0 Å². The number of hydrogen-bond donors (Lipinski definition) is 6. The Labute approximate surface area is 235 Å². The van der Waals surface area contributed by atoms with Gasteiger partial charge in [0.15, 0.2) is 0 Å². The van der Waals surface area contributed by atoms with Crippen LogP contribution in [0.25, 0.3) is 0 Å². The van der Waals surface area contributed by atoms with Gasteiger partial charge in [-0.2, -0.15) is 0 Å². The molecule has 1 saturated carbocycles. The molecule has 2 aromatic rings. The van der Waals surface area contributed by atoms with Crippen molar-refractivity contribution >= 4 is 28.1 Å². The molecule has 0 radical (unpaired) electrons. The Kier molecular flexibility index (Phi) is 10.2. The van der Waals surface area contributed by atoms with E-state index in [2.05, 4.69) is 22.9 Å². The summed E-state index contributed by atoms with van der Waals surface area (Å²) in [6.07, 6.45) is 7.01. The zero-order chi connectivity index (χ0) is 27.9. The summed E-state index contributed by atoms with van der Waals surface area (Å²) in [6.45, 7) is 5.78. The summed E-state index contributed by atoms with van der Waals surface area (Å²) >= 11 is 0. The largest absolute Gasteiger partial charge is 0.390 e. The predicted octanol–water partition coefficient (Wildman–Crippen LogP) is 5.40. The first-order valence-electron chi connectivity index (χ1n) is 14.5. The van der Waals surface area contributed by atoms with E-state index >= 15 is 0 Å². The van der Waals surface area contributed by atoms with Crippen molar-refractivity contribution in [2.45, 2.75) is 82.9 Å². The molecule has 1 heterocycles. The Morgan fingerprint density at radius 1 is 1.08 bits per heavy atom. The number of nitrogens with one attached hydrogen (secondary N) is 3. The molecule has 1 saturated heterocycles. The van der Waals surface area contributed by atoms with Crippen molar-refractivity contribution in [3.05, 3.63) is 59.7 Å². The number of rotatable bonds is 13. The predicted molar refractivity (Wildman–Crippen MR) is 162 cm³/mol. The molecule has 1 amide bonds. The third-order valence-electron chi connectivity index (χ3n) is 8.04. The number of nitrogens with zero attached hydrogens (tertiary/aromatic N) is 1. The molecule has 1 aliphatic carbocycles. The first-order chi connectivity index (χ1) is 18.7. The van der Waals surface area contributed by atoms with Gasteiger partial charge < -0.3 is 21.1 Å². The van der Waals surface area contributed by atoms with E-state index in [1.807, 2.05) is 43.3 Å². The Hall–Kier alpha value is -2.30. The van der Waals surface area contributed by atoms with Gasteiger partial charge in [-0.25, -0.2) is 0 Å². The second-order valence-electron chi connectivity index (χ2n) is 11.0. The van der Waals surface area contributed by atoms with Gasteiger partial charge in [-0.1, -0.05) is 43.7 Å². The van der Waals surface area contributed by atoms with E-state index in [-0.39, 0.29) is 11.4 Å². The Morgan fingerprint density at radius 3 is 2.49 bits per heavy atom. The molecule has 8 nitrogen and oxygen atoms in total. The lowest BCUT2D eigenvalue weighted by Crippen LogP contribution is -2.56. The lowest BCUT2D eigenvalue weighted by Gasteiger charge is -2.47. The normalized spacial score (nSPS) is 20.4. The van der Waals surface area contributed by atoms with E-state index in [4.69, 9.17) is 0 Å². The van der Waals surface area contributed by atoms with Gasteiger partial charge in [0.1, 0.15) is 0 Å². The molecule has 0 spiro atoms. The molecule has 2 aliphatic rings.